The van der Waals surface area contributed by atoms with Gasteiger partial charge in [-0.2, -0.15) is 13.2 Å². The maximum Gasteiger partial charge on any atom is 0.411 e. The Morgan fingerprint density at radius 2 is 2.24 bits per heavy atom. The molecule has 0 radical (unpaired) electrons. The Kier molecular flexibility index (Phi) is 5.70. The third kappa shape index (κ3) is 6.48. The quantitative estimate of drug-likeness (QED) is 0.709. The van der Waals surface area contributed by atoms with Crippen molar-refractivity contribution in [3.8, 4) is 0 Å². The van der Waals surface area contributed by atoms with Crippen molar-refractivity contribution < 1.29 is 22.7 Å². The summed E-state index contributed by atoms with van der Waals surface area (Å²) in [7, 11) is 0. The first-order valence-electron chi connectivity index (χ1n) is 5.62. The minimum atomic E-state index is -4.31. The zero-order valence-corrected chi connectivity index (χ0v) is 9.48. The van der Waals surface area contributed by atoms with Crippen LogP contribution in [-0.4, -0.2) is 44.9 Å². The van der Waals surface area contributed by atoms with Gasteiger partial charge in [0, 0.05) is 13.1 Å². The van der Waals surface area contributed by atoms with Gasteiger partial charge in [-0.3, -0.25) is 4.79 Å². The van der Waals surface area contributed by atoms with Crippen LogP contribution in [0, 0.1) is 5.92 Å². The van der Waals surface area contributed by atoms with Gasteiger partial charge in [-0.1, -0.05) is 0 Å². The first kappa shape index (κ1) is 14.2. The van der Waals surface area contributed by atoms with Crippen LogP contribution in [0.15, 0.2) is 0 Å². The lowest BCUT2D eigenvalue weighted by Gasteiger charge is -2.21. The predicted octanol–water partition coefficient (Wildman–Crippen LogP) is 0.681. The summed E-state index contributed by atoms with van der Waals surface area (Å²) in [6, 6.07) is 0. The fourth-order valence-electron chi connectivity index (χ4n) is 1.65. The van der Waals surface area contributed by atoms with Crippen molar-refractivity contribution in [2.24, 2.45) is 5.92 Å². The molecule has 0 spiro atoms. The van der Waals surface area contributed by atoms with Gasteiger partial charge in [0.15, 0.2) is 0 Å². The minimum Gasteiger partial charge on any atom is -0.370 e. The normalized spacial score (nSPS) is 21.2. The Morgan fingerprint density at radius 1 is 1.47 bits per heavy atom. The molecule has 1 rings (SSSR count). The lowest BCUT2D eigenvalue weighted by molar-refractivity contribution is -0.173. The minimum absolute atomic E-state index is 0.0774. The van der Waals surface area contributed by atoms with Gasteiger partial charge >= 0.3 is 6.18 Å². The topological polar surface area (TPSA) is 50.4 Å². The molecule has 1 aliphatic heterocycles. The van der Waals surface area contributed by atoms with Crippen LogP contribution in [0.25, 0.3) is 0 Å². The molecule has 0 bridgehead atoms. The molecule has 1 fully saturated rings. The molecule has 0 aromatic heterocycles. The van der Waals surface area contributed by atoms with Crippen LogP contribution in [0.2, 0.25) is 0 Å². The highest BCUT2D eigenvalue weighted by atomic mass is 19.4. The van der Waals surface area contributed by atoms with Crippen molar-refractivity contribution in [3.63, 3.8) is 0 Å². The second kappa shape index (κ2) is 6.80. The van der Waals surface area contributed by atoms with Crippen molar-refractivity contribution in [1.82, 2.24) is 10.6 Å². The molecule has 0 saturated carbocycles. The van der Waals surface area contributed by atoms with E-state index in [-0.39, 0.29) is 25.0 Å². The molecule has 1 amide bonds. The van der Waals surface area contributed by atoms with E-state index in [0.29, 0.717) is 6.54 Å². The van der Waals surface area contributed by atoms with E-state index >= 15 is 0 Å². The number of nitrogens with one attached hydrogen (secondary N) is 2. The van der Waals surface area contributed by atoms with Crippen molar-refractivity contribution >= 4 is 5.91 Å². The van der Waals surface area contributed by atoms with E-state index in [2.05, 4.69) is 15.4 Å². The number of hydrogen-bond donors (Lipinski definition) is 2. The first-order chi connectivity index (χ1) is 7.99. The summed E-state index contributed by atoms with van der Waals surface area (Å²) < 4.78 is 39.5. The number of amides is 1. The van der Waals surface area contributed by atoms with Crippen LogP contribution in [0.4, 0.5) is 13.2 Å². The Morgan fingerprint density at radius 3 is 2.82 bits per heavy atom. The average molecular weight is 254 g/mol. The number of halogens is 3. The van der Waals surface area contributed by atoms with Gasteiger partial charge in [-0.25, -0.2) is 0 Å². The van der Waals surface area contributed by atoms with Gasteiger partial charge in [-0.05, 0) is 19.4 Å². The average Bonchev–Trinajstić information content (AvgIpc) is 2.28. The van der Waals surface area contributed by atoms with Crippen LogP contribution in [-0.2, 0) is 9.53 Å². The van der Waals surface area contributed by atoms with Crippen molar-refractivity contribution in [1.29, 1.82) is 0 Å². The molecule has 0 aromatic rings. The smallest absolute Gasteiger partial charge is 0.370 e. The Bertz CT molecular complexity index is 240. The maximum absolute atomic E-state index is 11.7. The third-order valence-electron chi connectivity index (χ3n) is 2.48. The van der Waals surface area contributed by atoms with Crippen molar-refractivity contribution in [2.45, 2.75) is 19.0 Å². The monoisotopic (exact) mass is 254 g/mol. The van der Waals surface area contributed by atoms with E-state index < -0.39 is 12.8 Å². The Hall–Kier alpha value is -0.820. The van der Waals surface area contributed by atoms with Gasteiger partial charge in [-0.15, -0.1) is 0 Å². The van der Waals surface area contributed by atoms with Gasteiger partial charge in [0.25, 0.3) is 0 Å². The van der Waals surface area contributed by atoms with E-state index in [0.717, 1.165) is 19.4 Å². The zero-order valence-electron chi connectivity index (χ0n) is 9.48. The SMILES string of the molecule is O=C(NCCOCC(F)(F)F)[C@@H]1CCCNC1. The second-order valence-corrected chi connectivity index (χ2v) is 4.00. The lowest BCUT2D eigenvalue weighted by atomic mass is 9.99. The molecule has 7 heteroatoms. The number of ether oxygens (including phenoxy) is 1. The van der Waals surface area contributed by atoms with E-state index in [1.54, 1.807) is 0 Å². The molecule has 2 N–H and O–H groups in total. The highest BCUT2D eigenvalue weighted by Crippen LogP contribution is 2.14. The standard InChI is InChI=1S/C10H17F3N2O2/c11-10(12,13)7-17-5-4-15-9(16)8-2-1-3-14-6-8/h8,14H,1-7H2,(H,15,16)/t8-/m1/s1. The first-order valence-corrected chi connectivity index (χ1v) is 5.62. The molecular weight excluding hydrogens is 237 g/mol. The summed E-state index contributed by atoms with van der Waals surface area (Å²) in [5, 5.41) is 5.66. The van der Waals surface area contributed by atoms with E-state index in [4.69, 9.17) is 0 Å². The molecule has 0 unspecified atom stereocenters. The summed E-state index contributed by atoms with van der Waals surface area (Å²) in [6.07, 6.45) is -2.54. The Balaban J connectivity index is 2.04. The molecule has 0 aromatic carbocycles. The van der Waals surface area contributed by atoms with Crippen molar-refractivity contribution in [3.05, 3.63) is 0 Å². The molecule has 1 heterocycles. The van der Waals surface area contributed by atoms with E-state index in [1.165, 1.54) is 0 Å². The lowest BCUT2D eigenvalue weighted by Crippen LogP contribution is -2.41. The van der Waals surface area contributed by atoms with Gasteiger partial charge in [0.1, 0.15) is 6.61 Å². The predicted molar refractivity (Wildman–Crippen MR) is 55.5 cm³/mol. The van der Waals surface area contributed by atoms with Gasteiger partial charge in [0.2, 0.25) is 5.91 Å². The molecule has 100 valence electrons. The number of carbonyl (C=O) groups is 1. The largest absolute Gasteiger partial charge is 0.411 e. The van der Waals surface area contributed by atoms with Crippen LogP contribution in [0.5, 0.6) is 0 Å². The molecule has 1 saturated heterocycles. The van der Waals surface area contributed by atoms with Gasteiger partial charge < -0.3 is 15.4 Å². The van der Waals surface area contributed by atoms with Crippen LogP contribution < -0.4 is 10.6 Å². The van der Waals surface area contributed by atoms with Crippen LogP contribution >= 0.6 is 0 Å². The molecule has 0 aliphatic carbocycles. The molecule has 17 heavy (non-hydrogen) atoms. The summed E-state index contributed by atoms with van der Waals surface area (Å²) in [5.74, 6) is -0.195. The fraction of sp³-hybridized carbons (Fsp3) is 0.900. The Labute approximate surface area is 97.9 Å². The van der Waals surface area contributed by atoms with Gasteiger partial charge in [0.05, 0.1) is 12.5 Å². The number of alkyl halides is 3. The van der Waals surface area contributed by atoms with Crippen LogP contribution in [0.3, 0.4) is 0 Å². The number of piperidine rings is 1. The molecular formula is C10H17F3N2O2. The second-order valence-electron chi connectivity index (χ2n) is 4.00. The highest BCUT2D eigenvalue weighted by Gasteiger charge is 2.27. The van der Waals surface area contributed by atoms with Crippen LogP contribution in [0.1, 0.15) is 12.8 Å². The number of hydrogen-bond acceptors (Lipinski definition) is 3. The fourth-order valence-corrected chi connectivity index (χ4v) is 1.65. The number of carbonyl (C=O) groups excluding carboxylic acids is 1. The summed E-state index contributed by atoms with van der Waals surface area (Å²) in [5.41, 5.74) is 0. The highest BCUT2D eigenvalue weighted by molar-refractivity contribution is 5.78. The van der Waals surface area contributed by atoms with E-state index in [1.807, 2.05) is 0 Å². The summed E-state index contributed by atoms with van der Waals surface area (Å²) in [4.78, 5) is 11.5. The maximum atomic E-state index is 11.7. The summed E-state index contributed by atoms with van der Waals surface area (Å²) >= 11 is 0. The summed E-state index contributed by atoms with van der Waals surface area (Å²) in [6.45, 7) is 0.276. The third-order valence-corrected chi connectivity index (χ3v) is 2.48. The zero-order chi connectivity index (χ0) is 12.7. The molecule has 4 nitrogen and oxygen atoms in total. The van der Waals surface area contributed by atoms with E-state index in [9.17, 15) is 18.0 Å². The molecule has 1 aliphatic rings. The van der Waals surface area contributed by atoms with Crippen molar-refractivity contribution in [2.75, 3.05) is 32.8 Å². The number of rotatable bonds is 5. The molecule has 1 atom stereocenters.